The molecule has 1 saturated carbocycles. The number of aldehydes is 1. The van der Waals surface area contributed by atoms with Gasteiger partial charge < -0.3 is 25.5 Å². The number of pyridine rings is 1. The second kappa shape index (κ2) is 11.9. The first kappa shape index (κ1) is 32.3. The third-order valence-electron chi connectivity index (χ3n) is 10.6. The molecular formula is C33H40Cl2FN5O4. The number of ether oxygens (including phenoxy) is 1. The number of nitrogens with zero attached hydrogens (tertiary/aromatic N) is 1. The van der Waals surface area contributed by atoms with Crippen molar-refractivity contribution < 1.29 is 23.5 Å². The van der Waals surface area contributed by atoms with Gasteiger partial charge in [0.15, 0.2) is 11.0 Å². The van der Waals surface area contributed by atoms with Crippen LogP contribution in [0, 0.1) is 11.2 Å². The number of aromatic nitrogens is 1. The van der Waals surface area contributed by atoms with Crippen molar-refractivity contribution in [2.75, 3.05) is 25.0 Å². The highest BCUT2D eigenvalue weighted by atomic mass is 35.5. The molecule has 45 heavy (non-hydrogen) atoms. The average molecular weight is 661 g/mol. The molecule has 2 spiro atoms. The number of anilines is 1. The Hall–Kier alpha value is -2.63. The van der Waals surface area contributed by atoms with Gasteiger partial charge in [0, 0.05) is 47.5 Å². The number of hydrogen-bond acceptors (Lipinski definition) is 7. The zero-order chi connectivity index (χ0) is 32.2. The maximum atomic E-state index is 16.2. The van der Waals surface area contributed by atoms with E-state index in [-0.39, 0.29) is 47.1 Å². The van der Waals surface area contributed by atoms with E-state index in [1.54, 1.807) is 12.1 Å². The number of carbonyl (C=O) groups is 3. The molecular weight excluding hydrogens is 620 g/mol. The van der Waals surface area contributed by atoms with Crippen LogP contribution < -0.4 is 21.3 Å². The summed E-state index contributed by atoms with van der Waals surface area (Å²) in [6.45, 7) is 7.14. The SMILES string of the molecule is CCNC(=O)[C@@H]1CC[C@@H](NCC2(C=O)NC3(CCC(C)(C)CC3)[C@@]3(C(=O)Nc4cc(Cl)ccc43)[C@H]2c2ccnc(Cl)c2F)CO1. The standard InChI is InChI=1S/C33H40Cl2FN5O4/c1-4-37-28(43)24-8-6-20(16-45-24)39-17-31(18-42)26(21-9-14-38-27(35)25(21)36)33(32(41-31)12-10-30(2,3)11-13-32)22-7-5-19(34)15-23(22)40-29(33)44/h5,7,9,14-15,18,20,24,26,39,41H,4,6,8,10-13,16-17H2,1-3H3,(H,37,43)(H,40,44)/t20-,24+,26+,31?,33-/m1/s1. The molecule has 4 heterocycles. The highest BCUT2D eigenvalue weighted by molar-refractivity contribution is 6.31. The van der Waals surface area contributed by atoms with E-state index >= 15 is 4.39 Å². The number of rotatable bonds is 7. The second-order valence-corrected chi connectivity index (χ2v) is 14.6. The molecule has 12 heteroatoms. The molecule has 0 bridgehead atoms. The summed E-state index contributed by atoms with van der Waals surface area (Å²) in [5, 5.41) is 13.2. The van der Waals surface area contributed by atoms with Gasteiger partial charge in [-0.25, -0.2) is 9.37 Å². The molecule has 6 rings (SSSR count). The van der Waals surface area contributed by atoms with Crippen LogP contribution in [-0.4, -0.2) is 66.0 Å². The lowest BCUT2D eigenvalue weighted by atomic mass is 9.52. The Morgan fingerprint density at radius 2 is 1.93 bits per heavy atom. The summed E-state index contributed by atoms with van der Waals surface area (Å²) >= 11 is 12.7. The Balaban J connectivity index is 1.47. The zero-order valence-electron chi connectivity index (χ0n) is 25.8. The normalized spacial score (nSPS) is 31.5. The first-order valence-electron chi connectivity index (χ1n) is 15.7. The fourth-order valence-corrected chi connectivity index (χ4v) is 8.73. The fourth-order valence-electron chi connectivity index (χ4n) is 8.39. The largest absolute Gasteiger partial charge is 0.367 e. The minimum absolute atomic E-state index is 0.0253. The average Bonchev–Trinajstić information content (AvgIpc) is 3.44. The Morgan fingerprint density at radius 1 is 1.18 bits per heavy atom. The highest BCUT2D eigenvalue weighted by Gasteiger charge is 2.76. The van der Waals surface area contributed by atoms with E-state index in [4.69, 9.17) is 27.9 Å². The summed E-state index contributed by atoms with van der Waals surface area (Å²) in [6, 6.07) is 6.64. The third-order valence-corrected chi connectivity index (χ3v) is 11.1. The van der Waals surface area contributed by atoms with E-state index in [0.29, 0.717) is 48.5 Å². The lowest BCUT2D eigenvalue weighted by Crippen LogP contribution is -2.63. The van der Waals surface area contributed by atoms with Crippen molar-refractivity contribution in [3.63, 3.8) is 0 Å². The molecule has 9 nitrogen and oxygen atoms in total. The van der Waals surface area contributed by atoms with E-state index < -0.39 is 34.3 Å². The van der Waals surface area contributed by atoms with E-state index in [0.717, 1.165) is 19.1 Å². The first-order chi connectivity index (χ1) is 21.4. The molecule has 1 unspecified atom stereocenters. The van der Waals surface area contributed by atoms with Gasteiger partial charge in [0.1, 0.15) is 17.8 Å². The Labute approximate surface area is 272 Å². The summed E-state index contributed by atoms with van der Waals surface area (Å²) in [5.74, 6) is -2.20. The molecule has 242 valence electrons. The van der Waals surface area contributed by atoms with Gasteiger partial charge in [-0.2, -0.15) is 0 Å². The molecule has 3 aliphatic heterocycles. The molecule has 1 aromatic carbocycles. The van der Waals surface area contributed by atoms with Crippen molar-refractivity contribution in [3.8, 4) is 0 Å². The molecule has 1 aliphatic carbocycles. The molecule has 3 fully saturated rings. The number of nitrogens with one attached hydrogen (secondary N) is 4. The second-order valence-electron chi connectivity index (χ2n) is 13.8. The van der Waals surface area contributed by atoms with Crippen LogP contribution in [0.1, 0.15) is 76.3 Å². The topological polar surface area (TPSA) is 121 Å². The Bertz CT molecular complexity index is 1510. The third kappa shape index (κ3) is 5.17. The molecule has 4 aliphatic rings. The van der Waals surface area contributed by atoms with E-state index in [9.17, 15) is 14.4 Å². The van der Waals surface area contributed by atoms with Gasteiger partial charge in [-0.15, -0.1) is 0 Å². The number of fused-ring (bicyclic) bond motifs is 3. The quantitative estimate of drug-likeness (QED) is 0.252. The van der Waals surface area contributed by atoms with Crippen molar-refractivity contribution >= 4 is 47.0 Å². The van der Waals surface area contributed by atoms with Gasteiger partial charge in [0.05, 0.1) is 12.1 Å². The smallest absolute Gasteiger partial charge is 0.249 e. The van der Waals surface area contributed by atoms with Gasteiger partial charge in [0.25, 0.3) is 0 Å². The maximum Gasteiger partial charge on any atom is 0.249 e. The van der Waals surface area contributed by atoms with E-state index in [1.165, 1.54) is 12.3 Å². The molecule has 0 radical (unpaired) electrons. The van der Waals surface area contributed by atoms with Crippen LogP contribution >= 0.6 is 23.2 Å². The molecule has 2 saturated heterocycles. The lowest BCUT2D eigenvalue weighted by molar-refractivity contribution is -0.136. The lowest BCUT2D eigenvalue weighted by Gasteiger charge is -2.50. The van der Waals surface area contributed by atoms with Gasteiger partial charge in [-0.05, 0) is 80.2 Å². The van der Waals surface area contributed by atoms with Gasteiger partial charge in [-0.1, -0.05) is 43.1 Å². The van der Waals surface area contributed by atoms with E-state index in [1.807, 2.05) is 13.0 Å². The van der Waals surface area contributed by atoms with Crippen LogP contribution in [0.5, 0.6) is 0 Å². The molecule has 5 atom stereocenters. The van der Waals surface area contributed by atoms with Crippen molar-refractivity contribution in [2.45, 2.75) is 93.9 Å². The summed E-state index contributed by atoms with van der Waals surface area (Å²) in [4.78, 5) is 44.6. The predicted octanol–water partition coefficient (Wildman–Crippen LogP) is 4.65. The van der Waals surface area contributed by atoms with Crippen LogP contribution in [0.3, 0.4) is 0 Å². The van der Waals surface area contributed by atoms with Gasteiger partial charge in [-0.3, -0.25) is 14.9 Å². The van der Waals surface area contributed by atoms with Crippen LogP contribution in [0.2, 0.25) is 10.2 Å². The maximum absolute atomic E-state index is 16.2. The van der Waals surface area contributed by atoms with Crippen LogP contribution in [0.15, 0.2) is 30.5 Å². The summed E-state index contributed by atoms with van der Waals surface area (Å²) in [7, 11) is 0. The minimum Gasteiger partial charge on any atom is -0.367 e. The number of halogens is 3. The zero-order valence-corrected chi connectivity index (χ0v) is 27.3. The summed E-state index contributed by atoms with van der Waals surface area (Å²) in [5.41, 5.74) is -2.30. The number of likely N-dealkylation sites (N-methyl/N-ethyl adjacent to an activating group) is 1. The van der Waals surface area contributed by atoms with Crippen LogP contribution in [0.25, 0.3) is 0 Å². The van der Waals surface area contributed by atoms with Crippen LogP contribution in [0.4, 0.5) is 10.1 Å². The highest BCUT2D eigenvalue weighted by Crippen LogP contribution is 2.66. The number of amides is 2. The first-order valence-corrected chi connectivity index (χ1v) is 16.5. The predicted molar refractivity (Wildman–Crippen MR) is 170 cm³/mol. The van der Waals surface area contributed by atoms with Crippen LogP contribution in [-0.2, 0) is 24.5 Å². The van der Waals surface area contributed by atoms with Crippen molar-refractivity contribution in [2.24, 2.45) is 5.41 Å². The van der Waals surface area contributed by atoms with Crippen molar-refractivity contribution in [1.82, 2.24) is 20.9 Å². The van der Waals surface area contributed by atoms with Gasteiger partial charge >= 0.3 is 0 Å². The Morgan fingerprint density at radius 3 is 2.60 bits per heavy atom. The molecule has 2 aromatic rings. The summed E-state index contributed by atoms with van der Waals surface area (Å²) < 4.78 is 22.1. The monoisotopic (exact) mass is 659 g/mol. The van der Waals surface area contributed by atoms with E-state index in [2.05, 4.69) is 40.1 Å². The molecule has 2 amide bonds. The number of hydrogen-bond donors (Lipinski definition) is 4. The summed E-state index contributed by atoms with van der Waals surface area (Å²) in [6.07, 6.45) is 5.64. The number of carbonyl (C=O) groups excluding carboxylic acids is 3. The number of benzene rings is 1. The van der Waals surface area contributed by atoms with Crippen molar-refractivity contribution in [1.29, 1.82) is 0 Å². The van der Waals surface area contributed by atoms with Crippen molar-refractivity contribution in [3.05, 3.63) is 57.6 Å². The Kier molecular flexibility index (Phi) is 8.52. The molecule has 4 N–H and O–H groups in total. The van der Waals surface area contributed by atoms with Gasteiger partial charge in [0.2, 0.25) is 11.8 Å². The molecule has 1 aromatic heterocycles. The minimum atomic E-state index is -1.43. The fraction of sp³-hybridized carbons (Fsp3) is 0.576.